The van der Waals surface area contributed by atoms with Crippen molar-refractivity contribution in [3.63, 3.8) is 0 Å². The predicted octanol–water partition coefficient (Wildman–Crippen LogP) is 4.58. The van der Waals surface area contributed by atoms with Gasteiger partial charge in [-0.05, 0) is 48.6 Å². The first kappa shape index (κ1) is 17.2. The maximum atomic E-state index is 11.9. The van der Waals surface area contributed by atoms with Gasteiger partial charge in [-0.25, -0.2) is 0 Å². The number of benzene rings is 2. The second-order valence-electron chi connectivity index (χ2n) is 6.25. The van der Waals surface area contributed by atoms with Gasteiger partial charge in [-0.15, -0.1) is 0 Å². The van der Waals surface area contributed by atoms with E-state index in [1.807, 2.05) is 30.3 Å². The minimum atomic E-state index is -0.132. The van der Waals surface area contributed by atoms with Crippen LogP contribution in [0.4, 0.5) is 5.69 Å². The van der Waals surface area contributed by atoms with Gasteiger partial charge in [-0.3, -0.25) is 4.79 Å². The lowest BCUT2D eigenvalue weighted by atomic mass is 10.0. The lowest BCUT2D eigenvalue weighted by Gasteiger charge is -2.10. The van der Waals surface area contributed by atoms with E-state index in [0.717, 1.165) is 11.3 Å². The highest BCUT2D eigenvalue weighted by molar-refractivity contribution is 5.91. The van der Waals surface area contributed by atoms with E-state index in [0.29, 0.717) is 12.5 Å². The Morgan fingerprint density at radius 2 is 1.78 bits per heavy atom. The Labute approximate surface area is 138 Å². The molecule has 0 bridgehead atoms. The molecule has 23 heavy (non-hydrogen) atoms. The summed E-state index contributed by atoms with van der Waals surface area (Å²) in [5.74, 6) is 0.355. The molecule has 0 aliphatic rings. The lowest BCUT2D eigenvalue weighted by Crippen LogP contribution is -2.18. The molecule has 2 rings (SSSR count). The molecule has 0 aromatic heterocycles. The second kappa shape index (κ2) is 7.93. The fraction of sp³-hybridized carbons (Fsp3) is 0.350. The van der Waals surface area contributed by atoms with Gasteiger partial charge in [0.1, 0.15) is 6.61 Å². The summed E-state index contributed by atoms with van der Waals surface area (Å²) in [4.78, 5) is 11.9. The van der Waals surface area contributed by atoms with Gasteiger partial charge in [0, 0.05) is 5.69 Å². The van der Waals surface area contributed by atoms with Crippen LogP contribution in [0.5, 0.6) is 0 Å². The van der Waals surface area contributed by atoms with E-state index < -0.39 is 0 Å². The van der Waals surface area contributed by atoms with Crippen LogP contribution in [0.15, 0.2) is 42.5 Å². The van der Waals surface area contributed by atoms with Crippen LogP contribution in [0.3, 0.4) is 0 Å². The molecule has 0 radical (unpaired) electrons. The zero-order chi connectivity index (χ0) is 16.8. The number of hydrogen-bond donors (Lipinski definition) is 1. The normalized spacial score (nSPS) is 10.8. The van der Waals surface area contributed by atoms with Gasteiger partial charge in [-0.2, -0.15) is 0 Å². The highest BCUT2D eigenvalue weighted by atomic mass is 16.5. The smallest absolute Gasteiger partial charge is 0.250 e. The van der Waals surface area contributed by atoms with Crippen LogP contribution in [-0.2, 0) is 16.1 Å². The molecule has 0 aliphatic heterocycles. The number of aryl methyl sites for hydroxylation is 2. The predicted molar refractivity (Wildman–Crippen MR) is 94.7 cm³/mol. The van der Waals surface area contributed by atoms with Crippen molar-refractivity contribution in [2.45, 2.75) is 40.2 Å². The average molecular weight is 311 g/mol. The highest BCUT2D eigenvalue weighted by Gasteiger charge is 2.05. The highest BCUT2D eigenvalue weighted by Crippen LogP contribution is 2.17. The maximum absolute atomic E-state index is 11.9. The summed E-state index contributed by atoms with van der Waals surface area (Å²) in [5, 5.41) is 2.85. The van der Waals surface area contributed by atoms with E-state index >= 15 is 0 Å². The van der Waals surface area contributed by atoms with Crippen molar-refractivity contribution in [2.24, 2.45) is 0 Å². The van der Waals surface area contributed by atoms with Crippen molar-refractivity contribution in [1.82, 2.24) is 0 Å². The van der Waals surface area contributed by atoms with Gasteiger partial charge >= 0.3 is 0 Å². The van der Waals surface area contributed by atoms with E-state index in [2.05, 4.69) is 45.1 Å². The third kappa shape index (κ3) is 5.22. The molecule has 0 unspecified atom stereocenters. The number of nitrogens with one attached hydrogen (secondary N) is 1. The molecule has 122 valence electrons. The van der Waals surface area contributed by atoms with Crippen molar-refractivity contribution in [1.29, 1.82) is 0 Å². The molecule has 3 heteroatoms. The Kier molecular flexibility index (Phi) is 5.94. The number of carbonyl (C=O) groups is 1. The molecule has 0 saturated carbocycles. The quantitative estimate of drug-likeness (QED) is 0.848. The molecule has 2 aromatic rings. The number of amides is 1. The van der Waals surface area contributed by atoms with E-state index in [1.54, 1.807) is 0 Å². The van der Waals surface area contributed by atoms with Gasteiger partial charge in [0.15, 0.2) is 0 Å². The second-order valence-corrected chi connectivity index (χ2v) is 6.25. The summed E-state index contributed by atoms with van der Waals surface area (Å²) in [6.07, 6.45) is 0. The third-order valence-electron chi connectivity index (χ3n) is 3.85. The van der Waals surface area contributed by atoms with Crippen LogP contribution >= 0.6 is 0 Å². The summed E-state index contributed by atoms with van der Waals surface area (Å²) in [7, 11) is 0. The third-order valence-corrected chi connectivity index (χ3v) is 3.85. The zero-order valence-electron chi connectivity index (χ0n) is 14.3. The van der Waals surface area contributed by atoms with Gasteiger partial charge in [0.05, 0.1) is 6.61 Å². The fourth-order valence-electron chi connectivity index (χ4n) is 2.41. The van der Waals surface area contributed by atoms with Crippen LogP contribution in [0.2, 0.25) is 0 Å². The largest absolute Gasteiger partial charge is 0.367 e. The minimum absolute atomic E-state index is 0.0548. The van der Waals surface area contributed by atoms with Gasteiger partial charge < -0.3 is 10.1 Å². The molecular weight excluding hydrogens is 286 g/mol. The van der Waals surface area contributed by atoms with Gasteiger partial charge in [-0.1, -0.05) is 49.7 Å². The number of anilines is 1. The number of hydrogen-bond acceptors (Lipinski definition) is 2. The van der Waals surface area contributed by atoms with Crippen LogP contribution in [0.25, 0.3) is 0 Å². The minimum Gasteiger partial charge on any atom is -0.367 e. The molecule has 0 atom stereocenters. The Morgan fingerprint density at radius 3 is 2.39 bits per heavy atom. The van der Waals surface area contributed by atoms with Crippen molar-refractivity contribution in [3.8, 4) is 0 Å². The number of rotatable bonds is 6. The number of carbonyl (C=O) groups excluding carboxylic acids is 1. The molecule has 0 aliphatic carbocycles. The van der Waals surface area contributed by atoms with E-state index in [9.17, 15) is 4.79 Å². The summed E-state index contributed by atoms with van der Waals surface area (Å²) in [6, 6.07) is 14.2. The molecule has 2 aromatic carbocycles. The first-order valence-electron chi connectivity index (χ1n) is 7.99. The van der Waals surface area contributed by atoms with Gasteiger partial charge in [0.2, 0.25) is 5.91 Å². The SMILES string of the molecule is Cc1ccc(COCC(=O)Nc2ccc(C(C)C)cc2)c(C)c1. The van der Waals surface area contributed by atoms with Crippen LogP contribution in [-0.4, -0.2) is 12.5 Å². The Balaban J connectivity index is 1.80. The standard InChI is InChI=1S/C20H25NO2/c1-14(2)17-7-9-19(10-8-17)21-20(22)13-23-12-18-6-5-15(3)11-16(18)4/h5-11,14H,12-13H2,1-4H3,(H,21,22). The molecular formula is C20H25NO2. The summed E-state index contributed by atoms with van der Waals surface area (Å²) in [5.41, 5.74) is 5.59. The summed E-state index contributed by atoms with van der Waals surface area (Å²) < 4.78 is 5.52. The van der Waals surface area contributed by atoms with Crippen LogP contribution < -0.4 is 5.32 Å². The fourth-order valence-corrected chi connectivity index (χ4v) is 2.41. The molecule has 0 spiro atoms. The molecule has 3 nitrogen and oxygen atoms in total. The monoisotopic (exact) mass is 311 g/mol. The van der Waals surface area contributed by atoms with E-state index in [1.165, 1.54) is 16.7 Å². The van der Waals surface area contributed by atoms with E-state index in [4.69, 9.17) is 4.74 Å². The molecule has 1 amide bonds. The average Bonchev–Trinajstić information content (AvgIpc) is 2.50. The zero-order valence-corrected chi connectivity index (χ0v) is 14.3. The first-order chi connectivity index (χ1) is 11.0. The molecule has 0 saturated heterocycles. The first-order valence-corrected chi connectivity index (χ1v) is 7.99. The molecule has 0 heterocycles. The van der Waals surface area contributed by atoms with Crippen molar-refractivity contribution in [3.05, 3.63) is 64.7 Å². The van der Waals surface area contributed by atoms with Crippen molar-refractivity contribution >= 4 is 11.6 Å². The maximum Gasteiger partial charge on any atom is 0.250 e. The number of ether oxygens (including phenoxy) is 1. The van der Waals surface area contributed by atoms with Gasteiger partial charge in [0.25, 0.3) is 0 Å². The van der Waals surface area contributed by atoms with Crippen molar-refractivity contribution < 1.29 is 9.53 Å². The van der Waals surface area contributed by atoms with Crippen molar-refractivity contribution in [2.75, 3.05) is 11.9 Å². The molecule has 1 N–H and O–H groups in total. The summed E-state index contributed by atoms with van der Waals surface area (Å²) >= 11 is 0. The Hall–Kier alpha value is -2.13. The summed E-state index contributed by atoms with van der Waals surface area (Å²) in [6.45, 7) is 8.92. The Morgan fingerprint density at radius 1 is 1.09 bits per heavy atom. The topological polar surface area (TPSA) is 38.3 Å². The molecule has 0 fully saturated rings. The van der Waals surface area contributed by atoms with E-state index in [-0.39, 0.29) is 12.5 Å². The Bertz CT molecular complexity index is 660. The van der Waals surface area contributed by atoms with Crippen LogP contribution in [0.1, 0.15) is 42.0 Å². The lowest BCUT2D eigenvalue weighted by molar-refractivity contribution is -0.121. The van der Waals surface area contributed by atoms with Crippen LogP contribution in [0, 0.1) is 13.8 Å².